The van der Waals surface area contributed by atoms with Gasteiger partial charge in [-0.1, -0.05) is 6.07 Å². The second-order valence-corrected chi connectivity index (χ2v) is 5.94. The van der Waals surface area contributed by atoms with Gasteiger partial charge in [0.25, 0.3) is 0 Å². The summed E-state index contributed by atoms with van der Waals surface area (Å²) in [6.45, 7) is 4.00. The molecule has 0 aliphatic heterocycles. The van der Waals surface area contributed by atoms with Crippen LogP contribution in [0.15, 0.2) is 24.3 Å². The van der Waals surface area contributed by atoms with Crippen molar-refractivity contribution in [3.8, 4) is 11.8 Å². The van der Waals surface area contributed by atoms with Crippen molar-refractivity contribution in [2.75, 3.05) is 32.2 Å². The summed E-state index contributed by atoms with van der Waals surface area (Å²) in [5.74, 6) is 1.99. The van der Waals surface area contributed by atoms with Crippen LogP contribution in [-0.2, 0) is 0 Å². The minimum atomic E-state index is 0.615. The molecule has 0 saturated carbocycles. The van der Waals surface area contributed by atoms with Crippen LogP contribution in [0.1, 0.15) is 25.3 Å². The molecule has 0 fully saturated rings. The number of nitriles is 1. The Balaban J connectivity index is 2.22. The van der Waals surface area contributed by atoms with Crippen LogP contribution in [0.2, 0.25) is 0 Å². The predicted molar refractivity (Wildman–Crippen MR) is 86.4 cm³/mol. The van der Waals surface area contributed by atoms with Gasteiger partial charge in [0.05, 0.1) is 18.2 Å². The fourth-order valence-electron chi connectivity index (χ4n) is 1.89. The molecule has 0 aromatic heterocycles. The van der Waals surface area contributed by atoms with Gasteiger partial charge in [0.2, 0.25) is 0 Å². The zero-order valence-electron chi connectivity index (χ0n) is 12.6. The van der Waals surface area contributed by atoms with Crippen molar-refractivity contribution in [1.29, 1.82) is 5.26 Å². The predicted octanol–water partition coefficient (Wildman–Crippen LogP) is 3.40. The number of hydrogen-bond acceptors (Lipinski definition) is 4. The van der Waals surface area contributed by atoms with Crippen LogP contribution < -0.4 is 4.74 Å². The van der Waals surface area contributed by atoms with Crippen LogP contribution in [0.3, 0.4) is 0 Å². The first-order chi connectivity index (χ1) is 9.67. The topological polar surface area (TPSA) is 36.3 Å². The zero-order chi connectivity index (χ0) is 14.8. The van der Waals surface area contributed by atoms with Crippen molar-refractivity contribution in [2.45, 2.75) is 25.8 Å². The number of benzene rings is 1. The molecule has 0 aliphatic rings. The first kappa shape index (κ1) is 16.9. The summed E-state index contributed by atoms with van der Waals surface area (Å²) >= 11 is 1.90. The first-order valence-corrected chi connectivity index (χ1v) is 8.39. The number of thioether (sulfide) groups is 1. The smallest absolute Gasteiger partial charge is 0.120 e. The highest BCUT2D eigenvalue weighted by atomic mass is 32.2. The van der Waals surface area contributed by atoms with E-state index in [0.29, 0.717) is 18.2 Å². The lowest BCUT2D eigenvalue weighted by Gasteiger charge is -2.24. The summed E-state index contributed by atoms with van der Waals surface area (Å²) in [6.07, 6.45) is 4.37. The quantitative estimate of drug-likeness (QED) is 0.654. The van der Waals surface area contributed by atoms with Gasteiger partial charge in [-0.2, -0.15) is 17.0 Å². The molecular weight excluding hydrogens is 268 g/mol. The van der Waals surface area contributed by atoms with Crippen molar-refractivity contribution < 1.29 is 4.74 Å². The van der Waals surface area contributed by atoms with E-state index in [9.17, 15) is 0 Å². The fourth-order valence-corrected chi connectivity index (χ4v) is 2.47. The Bertz CT molecular complexity index is 431. The van der Waals surface area contributed by atoms with Gasteiger partial charge < -0.3 is 9.64 Å². The molecule has 0 aliphatic carbocycles. The molecule has 0 amide bonds. The number of hydrogen-bond donors (Lipinski definition) is 0. The highest BCUT2D eigenvalue weighted by Crippen LogP contribution is 2.13. The van der Waals surface area contributed by atoms with E-state index in [1.807, 2.05) is 23.9 Å². The van der Waals surface area contributed by atoms with Crippen LogP contribution in [0.4, 0.5) is 0 Å². The van der Waals surface area contributed by atoms with Gasteiger partial charge in [0.1, 0.15) is 5.75 Å². The summed E-state index contributed by atoms with van der Waals surface area (Å²) in [4.78, 5) is 2.38. The van der Waals surface area contributed by atoms with Gasteiger partial charge >= 0.3 is 0 Å². The van der Waals surface area contributed by atoms with Gasteiger partial charge in [-0.3, -0.25) is 0 Å². The normalized spacial score (nSPS) is 12.2. The number of rotatable bonds is 9. The molecule has 1 unspecified atom stereocenters. The molecular formula is C16H24N2OS. The Kier molecular flexibility index (Phi) is 8.17. The van der Waals surface area contributed by atoms with Crippen LogP contribution in [0, 0.1) is 11.3 Å². The molecule has 1 aromatic rings. The van der Waals surface area contributed by atoms with Crippen LogP contribution >= 0.6 is 11.8 Å². The molecule has 0 radical (unpaired) electrons. The molecule has 1 atom stereocenters. The van der Waals surface area contributed by atoms with Crippen LogP contribution in [0.25, 0.3) is 0 Å². The highest BCUT2D eigenvalue weighted by Gasteiger charge is 2.08. The number of ether oxygens (including phenoxy) is 1. The van der Waals surface area contributed by atoms with Crippen molar-refractivity contribution >= 4 is 11.8 Å². The molecule has 0 heterocycles. The standard InChI is InChI=1S/C16H24N2OS/c1-14(8-11-20-3)18(2)9-5-10-19-16-7-4-6-15(12-16)13-17/h4,6-7,12,14H,5,8-11H2,1-3H3. The summed E-state index contributed by atoms with van der Waals surface area (Å²) in [5, 5.41) is 8.82. The van der Waals surface area contributed by atoms with Crippen LogP contribution in [-0.4, -0.2) is 43.1 Å². The lowest BCUT2D eigenvalue weighted by Crippen LogP contribution is -2.31. The van der Waals surface area contributed by atoms with E-state index < -0.39 is 0 Å². The molecule has 0 saturated heterocycles. The lowest BCUT2D eigenvalue weighted by atomic mass is 10.2. The third kappa shape index (κ3) is 6.31. The molecule has 0 N–H and O–H groups in total. The summed E-state index contributed by atoms with van der Waals surface area (Å²) < 4.78 is 5.68. The Morgan fingerprint density at radius 3 is 2.95 bits per heavy atom. The summed E-state index contributed by atoms with van der Waals surface area (Å²) in [7, 11) is 2.17. The van der Waals surface area contributed by atoms with Gasteiger partial charge in [-0.05, 0) is 57.0 Å². The van der Waals surface area contributed by atoms with Crippen molar-refractivity contribution in [2.24, 2.45) is 0 Å². The van der Waals surface area contributed by atoms with Gasteiger partial charge in [-0.15, -0.1) is 0 Å². The van der Waals surface area contributed by atoms with Gasteiger partial charge in [-0.25, -0.2) is 0 Å². The molecule has 0 spiro atoms. The second-order valence-electron chi connectivity index (χ2n) is 4.95. The van der Waals surface area contributed by atoms with Gasteiger partial charge in [0.15, 0.2) is 0 Å². The molecule has 110 valence electrons. The summed E-state index contributed by atoms with van der Waals surface area (Å²) in [6, 6.07) is 10.0. The van der Waals surface area contributed by atoms with Crippen LogP contribution in [0.5, 0.6) is 5.75 Å². The highest BCUT2D eigenvalue weighted by molar-refractivity contribution is 7.98. The maximum Gasteiger partial charge on any atom is 0.120 e. The fraction of sp³-hybridized carbons (Fsp3) is 0.562. The molecule has 20 heavy (non-hydrogen) atoms. The average molecular weight is 292 g/mol. The maximum atomic E-state index is 8.82. The molecule has 1 rings (SSSR count). The molecule has 4 heteroatoms. The Morgan fingerprint density at radius 2 is 2.25 bits per heavy atom. The third-order valence-corrected chi connectivity index (χ3v) is 4.02. The van der Waals surface area contributed by atoms with E-state index in [-0.39, 0.29) is 0 Å². The van der Waals surface area contributed by atoms with E-state index >= 15 is 0 Å². The largest absolute Gasteiger partial charge is 0.494 e. The molecule has 1 aromatic carbocycles. The molecule has 3 nitrogen and oxygen atoms in total. The third-order valence-electron chi connectivity index (χ3n) is 3.38. The van der Waals surface area contributed by atoms with E-state index in [1.54, 1.807) is 12.1 Å². The minimum absolute atomic E-state index is 0.615. The average Bonchev–Trinajstić information content (AvgIpc) is 2.49. The van der Waals surface area contributed by atoms with E-state index in [2.05, 4.69) is 31.2 Å². The SMILES string of the molecule is CSCCC(C)N(C)CCCOc1cccc(C#N)c1. The van der Waals surface area contributed by atoms with Crippen molar-refractivity contribution in [1.82, 2.24) is 4.90 Å². The Morgan fingerprint density at radius 1 is 1.45 bits per heavy atom. The van der Waals surface area contributed by atoms with Gasteiger partial charge in [0, 0.05) is 12.6 Å². The summed E-state index contributed by atoms with van der Waals surface area (Å²) in [5.41, 5.74) is 0.644. The molecule has 0 bridgehead atoms. The minimum Gasteiger partial charge on any atom is -0.494 e. The monoisotopic (exact) mass is 292 g/mol. The zero-order valence-corrected chi connectivity index (χ0v) is 13.4. The van der Waals surface area contributed by atoms with E-state index in [1.165, 1.54) is 12.2 Å². The lowest BCUT2D eigenvalue weighted by molar-refractivity contribution is 0.221. The van der Waals surface area contributed by atoms with E-state index in [0.717, 1.165) is 18.7 Å². The Labute approximate surface area is 126 Å². The van der Waals surface area contributed by atoms with E-state index in [4.69, 9.17) is 10.00 Å². The first-order valence-electron chi connectivity index (χ1n) is 6.99. The Hall–Kier alpha value is -1.18. The van der Waals surface area contributed by atoms with Crippen molar-refractivity contribution in [3.63, 3.8) is 0 Å². The number of nitrogens with zero attached hydrogens (tertiary/aromatic N) is 2. The maximum absolute atomic E-state index is 8.82. The second kappa shape index (κ2) is 9.68. The van der Waals surface area contributed by atoms with Crippen molar-refractivity contribution in [3.05, 3.63) is 29.8 Å².